The Morgan fingerprint density at radius 2 is 1.71 bits per heavy atom. The number of carbonyl (C=O) groups is 2. The number of hydrogen-bond acceptors (Lipinski definition) is 5. The molecule has 28 heavy (non-hydrogen) atoms. The van der Waals surface area contributed by atoms with Gasteiger partial charge in [0.2, 0.25) is 0 Å². The Kier molecular flexibility index (Phi) is 6.61. The maximum Gasteiger partial charge on any atom is 0.295 e. The summed E-state index contributed by atoms with van der Waals surface area (Å²) < 4.78 is 6.13. The number of ether oxygens (including phenoxy) is 1. The summed E-state index contributed by atoms with van der Waals surface area (Å²) in [7, 11) is 0. The number of nitrogens with zero attached hydrogens (tertiary/aromatic N) is 1. The molecule has 146 valence electrons. The van der Waals surface area contributed by atoms with E-state index in [1.54, 1.807) is 42.5 Å². The first kappa shape index (κ1) is 20.3. The van der Waals surface area contributed by atoms with Gasteiger partial charge in [0.1, 0.15) is 5.76 Å². The molecule has 2 aromatic rings. The molecule has 1 heterocycles. The summed E-state index contributed by atoms with van der Waals surface area (Å²) >= 11 is 3.38. The highest BCUT2D eigenvalue weighted by Crippen LogP contribution is 2.39. The molecule has 7 heteroatoms. The molecule has 2 N–H and O–H groups in total. The molecule has 3 rings (SSSR count). The van der Waals surface area contributed by atoms with Crippen molar-refractivity contribution in [3.05, 3.63) is 75.8 Å². The van der Waals surface area contributed by atoms with Crippen LogP contribution in [0.5, 0.6) is 0 Å². The molecule has 1 unspecified atom stereocenters. The van der Waals surface area contributed by atoms with Crippen LogP contribution in [0.1, 0.15) is 17.2 Å². The predicted octanol–water partition coefficient (Wildman–Crippen LogP) is 2.88. The molecule has 0 bridgehead atoms. The molecular formula is C21H20BrNO5. The van der Waals surface area contributed by atoms with Gasteiger partial charge in [-0.05, 0) is 17.7 Å². The van der Waals surface area contributed by atoms with Crippen molar-refractivity contribution in [3.63, 3.8) is 0 Å². The molecule has 0 radical (unpaired) electrons. The summed E-state index contributed by atoms with van der Waals surface area (Å²) in [4.78, 5) is 26.9. The number of carbonyl (C=O) groups excluding carboxylic acids is 2. The van der Waals surface area contributed by atoms with Gasteiger partial charge in [-0.25, -0.2) is 0 Å². The number of ketones is 1. The van der Waals surface area contributed by atoms with E-state index in [0.29, 0.717) is 11.1 Å². The van der Waals surface area contributed by atoms with Gasteiger partial charge in [-0.2, -0.15) is 0 Å². The van der Waals surface area contributed by atoms with Gasteiger partial charge in [0.05, 0.1) is 31.4 Å². The largest absolute Gasteiger partial charge is 0.507 e. The summed E-state index contributed by atoms with van der Waals surface area (Å²) in [6.07, 6.45) is 0. The van der Waals surface area contributed by atoms with E-state index in [9.17, 15) is 14.7 Å². The molecule has 6 nitrogen and oxygen atoms in total. The quantitative estimate of drug-likeness (QED) is 0.296. The monoisotopic (exact) mass is 445 g/mol. The van der Waals surface area contributed by atoms with E-state index in [0.717, 1.165) is 4.47 Å². The summed E-state index contributed by atoms with van der Waals surface area (Å²) in [5.74, 6) is -1.61. The maximum absolute atomic E-state index is 12.8. The fourth-order valence-electron chi connectivity index (χ4n) is 3.18. The third kappa shape index (κ3) is 4.16. The van der Waals surface area contributed by atoms with E-state index in [-0.39, 0.29) is 37.7 Å². The standard InChI is InChI=1S/C21H20BrNO5/c22-16-8-6-14(7-9-16)18-17(19(25)15-4-2-1-3-5-15)20(26)21(27)23(18)10-12-28-13-11-24/h1-9,18,24-25H,10-13H2. The van der Waals surface area contributed by atoms with E-state index in [1.807, 2.05) is 12.1 Å². The van der Waals surface area contributed by atoms with E-state index < -0.39 is 17.7 Å². The molecule has 0 aliphatic carbocycles. The number of benzene rings is 2. The maximum atomic E-state index is 12.8. The zero-order valence-corrected chi connectivity index (χ0v) is 16.6. The highest BCUT2D eigenvalue weighted by Gasteiger charge is 2.45. The molecule has 2 aromatic carbocycles. The minimum absolute atomic E-state index is 0.0562. The van der Waals surface area contributed by atoms with Gasteiger partial charge < -0.3 is 19.8 Å². The molecule has 1 aliphatic heterocycles. The second-order valence-electron chi connectivity index (χ2n) is 6.25. The van der Waals surface area contributed by atoms with Crippen molar-refractivity contribution in [2.75, 3.05) is 26.4 Å². The van der Waals surface area contributed by atoms with Crippen LogP contribution < -0.4 is 0 Å². The Morgan fingerprint density at radius 3 is 2.36 bits per heavy atom. The Labute approximate surface area is 171 Å². The fraction of sp³-hybridized carbons (Fsp3) is 0.238. The first-order valence-corrected chi connectivity index (χ1v) is 9.61. The van der Waals surface area contributed by atoms with Gasteiger partial charge in [-0.1, -0.05) is 58.4 Å². The Bertz CT molecular complexity index is 879. The average molecular weight is 446 g/mol. The average Bonchev–Trinajstić information content (AvgIpc) is 2.97. The molecule has 0 spiro atoms. The Balaban J connectivity index is 2.04. The van der Waals surface area contributed by atoms with Crippen LogP contribution in [-0.2, 0) is 14.3 Å². The number of amides is 1. The lowest BCUT2D eigenvalue weighted by atomic mass is 9.95. The summed E-state index contributed by atoms with van der Waals surface area (Å²) in [5, 5.41) is 19.7. The zero-order chi connectivity index (χ0) is 20.1. The number of aliphatic hydroxyl groups is 2. The van der Waals surface area contributed by atoms with Crippen molar-refractivity contribution in [2.24, 2.45) is 0 Å². The number of halogens is 1. The van der Waals surface area contributed by atoms with Crippen LogP contribution in [-0.4, -0.2) is 53.2 Å². The molecule has 1 atom stereocenters. The first-order valence-electron chi connectivity index (χ1n) is 8.82. The molecule has 1 fully saturated rings. The third-order valence-electron chi connectivity index (χ3n) is 4.49. The van der Waals surface area contributed by atoms with Crippen molar-refractivity contribution in [1.82, 2.24) is 4.90 Å². The molecule has 0 aromatic heterocycles. The minimum atomic E-state index is -0.726. The van der Waals surface area contributed by atoms with Crippen LogP contribution in [0.15, 0.2) is 64.6 Å². The van der Waals surface area contributed by atoms with E-state index >= 15 is 0 Å². The number of rotatable bonds is 7. The predicted molar refractivity (Wildman–Crippen MR) is 107 cm³/mol. The van der Waals surface area contributed by atoms with Gasteiger partial charge in [-0.3, -0.25) is 9.59 Å². The van der Waals surface area contributed by atoms with Crippen molar-refractivity contribution < 1.29 is 24.5 Å². The molecule has 0 saturated carbocycles. The Morgan fingerprint density at radius 1 is 1.04 bits per heavy atom. The second kappa shape index (κ2) is 9.14. The third-order valence-corrected chi connectivity index (χ3v) is 5.01. The topological polar surface area (TPSA) is 87.1 Å². The van der Waals surface area contributed by atoms with Crippen molar-refractivity contribution >= 4 is 33.4 Å². The normalized spacial score (nSPS) is 18.6. The van der Waals surface area contributed by atoms with Crippen LogP contribution in [0, 0.1) is 0 Å². The highest BCUT2D eigenvalue weighted by atomic mass is 79.9. The van der Waals surface area contributed by atoms with E-state index in [1.165, 1.54) is 4.90 Å². The fourth-order valence-corrected chi connectivity index (χ4v) is 3.45. The van der Waals surface area contributed by atoms with Crippen molar-refractivity contribution in [3.8, 4) is 0 Å². The van der Waals surface area contributed by atoms with Gasteiger partial charge in [0.15, 0.2) is 0 Å². The minimum Gasteiger partial charge on any atom is -0.507 e. The zero-order valence-electron chi connectivity index (χ0n) is 15.0. The van der Waals surface area contributed by atoms with Gasteiger partial charge in [-0.15, -0.1) is 0 Å². The second-order valence-corrected chi connectivity index (χ2v) is 7.16. The number of aliphatic hydroxyl groups excluding tert-OH is 2. The van der Waals surface area contributed by atoms with Crippen molar-refractivity contribution in [1.29, 1.82) is 0 Å². The van der Waals surface area contributed by atoms with Gasteiger partial charge in [0.25, 0.3) is 11.7 Å². The molecular weight excluding hydrogens is 426 g/mol. The van der Waals surface area contributed by atoms with Crippen LogP contribution >= 0.6 is 15.9 Å². The van der Waals surface area contributed by atoms with Crippen LogP contribution in [0.4, 0.5) is 0 Å². The van der Waals surface area contributed by atoms with E-state index in [4.69, 9.17) is 9.84 Å². The highest BCUT2D eigenvalue weighted by molar-refractivity contribution is 9.10. The van der Waals surface area contributed by atoms with E-state index in [2.05, 4.69) is 15.9 Å². The van der Waals surface area contributed by atoms with Gasteiger partial charge in [0, 0.05) is 16.6 Å². The summed E-state index contributed by atoms with van der Waals surface area (Å²) in [6, 6.07) is 15.2. The Hall–Kier alpha value is -2.48. The van der Waals surface area contributed by atoms with Crippen LogP contribution in [0.2, 0.25) is 0 Å². The lowest BCUT2D eigenvalue weighted by molar-refractivity contribution is -0.140. The van der Waals surface area contributed by atoms with Gasteiger partial charge >= 0.3 is 0 Å². The van der Waals surface area contributed by atoms with Crippen LogP contribution in [0.3, 0.4) is 0 Å². The lowest BCUT2D eigenvalue weighted by Crippen LogP contribution is -2.33. The summed E-state index contributed by atoms with van der Waals surface area (Å²) in [5.41, 5.74) is 1.24. The van der Waals surface area contributed by atoms with Crippen LogP contribution in [0.25, 0.3) is 5.76 Å². The SMILES string of the molecule is O=C1C(=O)N(CCOCCO)C(c2ccc(Br)cc2)C1=C(O)c1ccccc1. The molecule has 1 aliphatic rings. The number of Topliss-reactive ketones (excluding diaryl/α,β-unsaturated/α-hetero) is 1. The number of hydrogen-bond donors (Lipinski definition) is 2. The van der Waals surface area contributed by atoms with Crippen molar-refractivity contribution in [2.45, 2.75) is 6.04 Å². The number of likely N-dealkylation sites (tertiary alicyclic amines) is 1. The molecule has 1 saturated heterocycles. The smallest absolute Gasteiger partial charge is 0.295 e. The summed E-state index contributed by atoms with van der Waals surface area (Å²) in [6.45, 7) is 0.364. The lowest BCUT2D eigenvalue weighted by Gasteiger charge is -2.25. The molecule has 1 amide bonds. The first-order chi connectivity index (χ1) is 13.5.